The summed E-state index contributed by atoms with van der Waals surface area (Å²) in [5.41, 5.74) is 0. The molecule has 0 N–H and O–H groups in total. The standard InChI is InChI=1S/4BH4.B.Na/h4*1H4;;/q4*-1;+3;+1. The summed E-state index contributed by atoms with van der Waals surface area (Å²) in [6, 6.07) is 0. The summed E-state index contributed by atoms with van der Waals surface area (Å²) in [5, 5.41) is 0. The van der Waals surface area contributed by atoms with E-state index in [0.717, 1.165) is 0 Å². The van der Waals surface area contributed by atoms with E-state index in [-0.39, 0.29) is 71.6 Å². The van der Waals surface area contributed by atoms with Crippen molar-refractivity contribution in [1.29, 1.82) is 0 Å². The van der Waals surface area contributed by atoms with E-state index in [4.69, 9.17) is 0 Å². The first-order valence-electron chi connectivity index (χ1n) is 0. The normalized spacial score (nSPS) is 0. The van der Waals surface area contributed by atoms with Gasteiger partial charge in [-0.05, 0) is 0 Å². The van der Waals surface area contributed by atoms with Crippen molar-refractivity contribution in [3.63, 3.8) is 0 Å². The zero-order chi connectivity index (χ0) is 0. The molecule has 0 fully saturated rings. The quantitative estimate of drug-likeness (QED) is 0.261. The second kappa shape index (κ2) is 102. The maximum Gasteiger partial charge on any atom is 3.00 e. The molecule has 0 amide bonds. The van der Waals surface area contributed by atoms with E-state index in [1.54, 1.807) is 0 Å². The van der Waals surface area contributed by atoms with Crippen LogP contribution in [-0.2, 0) is 0 Å². The number of rotatable bonds is 0. The van der Waals surface area contributed by atoms with Crippen LogP contribution in [0, 0.1) is 0 Å². The van der Waals surface area contributed by atoms with Gasteiger partial charge in [-0.3, -0.25) is 0 Å². The van der Waals surface area contributed by atoms with Gasteiger partial charge in [0.1, 0.15) is 0 Å². The molecule has 0 atom stereocenters. The molecule has 0 nitrogen and oxygen atoms in total. The van der Waals surface area contributed by atoms with Crippen LogP contribution in [0.1, 0.15) is 0 Å². The molecule has 0 aliphatic heterocycles. The summed E-state index contributed by atoms with van der Waals surface area (Å²) < 4.78 is 0. The maximum absolute atomic E-state index is 0. The van der Waals surface area contributed by atoms with Crippen LogP contribution < -0.4 is 29.6 Å². The van der Waals surface area contributed by atoms with Crippen molar-refractivity contribution in [3.8, 4) is 0 Å². The van der Waals surface area contributed by atoms with E-state index in [1.807, 2.05) is 0 Å². The van der Waals surface area contributed by atoms with Crippen molar-refractivity contribution in [3.05, 3.63) is 0 Å². The largest absolute Gasteiger partial charge is 3.00 e. The molecule has 0 aromatic rings. The predicted octanol–water partition coefficient (Wildman–Crippen LogP) is -9.18. The molecular weight excluding hydrogens is 77.0 g/mol. The van der Waals surface area contributed by atoms with Crippen molar-refractivity contribution in [1.82, 2.24) is 0 Å². The van der Waals surface area contributed by atoms with E-state index in [0.29, 0.717) is 0 Å². The van der Waals surface area contributed by atoms with Gasteiger partial charge >= 0.3 is 38.0 Å². The Labute approximate surface area is 71.4 Å². The first-order valence-corrected chi connectivity index (χ1v) is 0. The third-order valence-electron chi connectivity index (χ3n) is 0. The molecule has 0 heterocycles. The van der Waals surface area contributed by atoms with E-state index >= 15 is 0 Å². The van der Waals surface area contributed by atoms with E-state index in [1.165, 1.54) is 0 Å². The minimum Gasteiger partial charge on any atom is -0.0626 e. The molecule has 0 rings (SSSR count). The summed E-state index contributed by atoms with van der Waals surface area (Å²) in [5.74, 6) is 0. The van der Waals surface area contributed by atoms with Gasteiger partial charge in [0.2, 0.25) is 0 Å². The molecule has 0 bridgehead atoms. The summed E-state index contributed by atoms with van der Waals surface area (Å²) in [7, 11) is 0. The first kappa shape index (κ1) is 167. The molecule has 0 aromatic heterocycles. The van der Waals surface area contributed by atoms with Crippen LogP contribution >= 0.6 is 0 Å². The molecule has 0 aliphatic rings. The molecule has 0 spiro atoms. The van der Waals surface area contributed by atoms with Crippen LogP contribution in [0.4, 0.5) is 0 Å². The number of hydrogen-bond acceptors (Lipinski definition) is 0. The number of hydrogen-bond donors (Lipinski definition) is 0. The van der Waals surface area contributed by atoms with Crippen LogP contribution in [0.3, 0.4) is 0 Å². The predicted molar refractivity (Wildman–Crippen MR) is 51.1 cm³/mol. The van der Waals surface area contributed by atoms with Gasteiger partial charge in [-0.25, -0.2) is 0 Å². The molecule has 0 aliphatic carbocycles. The minimum atomic E-state index is 0. The fourth-order valence-corrected chi connectivity index (χ4v) is 0. The van der Waals surface area contributed by atoms with Gasteiger partial charge in [-0.15, -0.1) is 0 Å². The summed E-state index contributed by atoms with van der Waals surface area (Å²) in [6.07, 6.45) is 0. The molecular formula is H16B5Na. The monoisotopic (exact) mass is 94.2 g/mol. The summed E-state index contributed by atoms with van der Waals surface area (Å²) in [6.45, 7) is 0. The topological polar surface area (TPSA) is 0 Å². The van der Waals surface area contributed by atoms with Crippen molar-refractivity contribution in [2.45, 2.75) is 0 Å². The van der Waals surface area contributed by atoms with E-state index in [9.17, 15) is 0 Å². The Morgan fingerprint density at radius 3 is 0.500 bits per heavy atom. The third-order valence-corrected chi connectivity index (χ3v) is 0. The maximum atomic E-state index is 0. The van der Waals surface area contributed by atoms with Crippen LogP contribution in [0.25, 0.3) is 0 Å². The zero-order valence-corrected chi connectivity index (χ0v) is 3.58. The van der Waals surface area contributed by atoms with Crippen molar-refractivity contribution in [2.75, 3.05) is 0 Å². The van der Waals surface area contributed by atoms with Gasteiger partial charge in [0.05, 0.1) is 0 Å². The second-order valence-corrected chi connectivity index (χ2v) is 0. The van der Waals surface area contributed by atoms with Crippen LogP contribution in [0.15, 0.2) is 0 Å². The van der Waals surface area contributed by atoms with Gasteiger partial charge in [0.15, 0.2) is 0 Å². The van der Waals surface area contributed by atoms with Crippen LogP contribution in [0.2, 0.25) is 0 Å². The Bertz CT molecular complexity index is 3.90. The smallest absolute Gasteiger partial charge is 0.0626 e. The van der Waals surface area contributed by atoms with Gasteiger partial charge in [0, 0.05) is 0 Å². The molecule has 0 radical (unpaired) electrons. The SMILES string of the molecule is [B+3].[BH4-].[BH4-].[BH4-].[BH4-].[Na+]. The Morgan fingerprint density at radius 2 is 0.500 bits per heavy atom. The molecule has 32 valence electrons. The Kier molecular flexibility index (Phi) is 2840. The molecule has 6 heavy (non-hydrogen) atoms. The van der Waals surface area contributed by atoms with Crippen LogP contribution in [0.5, 0.6) is 0 Å². The third kappa shape index (κ3) is 56.8. The molecule has 0 unspecified atom stereocenters. The van der Waals surface area contributed by atoms with E-state index < -0.39 is 0 Å². The summed E-state index contributed by atoms with van der Waals surface area (Å²) >= 11 is 0. The fraction of sp³-hybridized carbons (Fsp3) is 0. The molecule has 6 heteroatoms. The fourth-order valence-electron chi connectivity index (χ4n) is 0. The van der Waals surface area contributed by atoms with Gasteiger partial charge in [-0.1, -0.05) is 33.7 Å². The van der Waals surface area contributed by atoms with Gasteiger partial charge < -0.3 is 0 Å². The second-order valence-electron chi connectivity index (χ2n) is 0. The minimum absolute atomic E-state index is 0. The van der Waals surface area contributed by atoms with Gasteiger partial charge in [0.25, 0.3) is 0 Å². The Hall–Kier alpha value is 1.32. The average Bonchev–Trinajstić information content (AvgIpc) is 0. The Morgan fingerprint density at radius 1 is 0.500 bits per heavy atom. The van der Waals surface area contributed by atoms with Crippen LogP contribution in [-0.4, -0.2) is 42.1 Å². The zero-order valence-electron chi connectivity index (χ0n) is 1.58. The molecule has 0 saturated heterocycles. The Balaban J connectivity index is 0. The van der Waals surface area contributed by atoms with E-state index in [2.05, 4.69) is 0 Å². The van der Waals surface area contributed by atoms with Crippen molar-refractivity contribution >= 4 is 42.1 Å². The first-order chi connectivity index (χ1) is 0. The molecule has 0 saturated carbocycles. The summed E-state index contributed by atoms with van der Waals surface area (Å²) in [4.78, 5) is 0. The molecule has 0 aromatic carbocycles. The average molecular weight is 93.2 g/mol. The van der Waals surface area contributed by atoms with Crippen molar-refractivity contribution in [2.24, 2.45) is 0 Å². The van der Waals surface area contributed by atoms with Gasteiger partial charge in [-0.2, -0.15) is 0 Å². The van der Waals surface area contributed by atoms with Crippen molar-refractivity contribution < 1.29 is 29.6 Å².